The SMILES string of the molecule is CCN(CC)CCC(=O)Nc1ccc(-n2nc(C(=O)NC3(C(=O)O)C4CC5CC(C4)CC3C5)cc2-c2c(OC)cccc2OC)c2c1CCCC2.Cl. The van der Waals surface area contributed by atoms with E-state index >= 15 is 0 Å². The molecule has 5 aliphatic carbocycles. The number of rotatable bonds is 13. The van der Waals surface area contributed by atoms with E-state index in [-0.39, 0.29) is 35.8 Å². The summed E-state index contributed by atoms with van der Waals surface area (Å²) >= 11 is 0. The van der Waals surface area contributed by atoms with Crippen LogP contribution in [0.25, 0.3) is 16.9 Å². The Balaban J connectivity index is 0.00000464. The van der Waals surface area contributed by atoms with Crippen LogP contribution in [0, 0.1) is 23.7 Å². The summed E-state index contributed by atoms with van der Waals surface area (Å²) in [5, 5.41) is 22.0. The molecule has 0 aliphatic heterocycles. The molecule has 8 rings (SSSR count). The minimum Gasteiger partial charge on any atom is -0.496 e. The third kappa shape index (κ3) is 6.66. The van der Waals surface area contributed by atoms with E-state index in [1.54, 1.807) is 25.0 Å². The van der Waals surface area contributed by atoms with Crippen molar-refractivity contribution in [2.45, 2.75) is 83.6 Å². The summed E-state index contributed by atoms with van der Waals surface area (Å²) in [5.74, 6) is 0.555. The third-order valence-corrected chi connectivity index (χ3v) is 12.3. The molecule has 3 N–H and O–H groups in total. The predicted octanol–water partition coefficient (Wildman–Crippen LogP) is 6.54. The van der Waals surface area contributed by atoms with Crippen LogP contribution in [0.1, 0.15) is 86.8 Å². The van der Waals surface area contributed by atoms with Gasteiger partial charge in [-0.1, -0.05) is 19.9 Å². The first-order valence-corrected chi connectivity index (χ1v) is 18.7. The molecule has 2 amide bonds. The molecular weight excluding hydrogens is 682 g/mol. The fraction of sp³-hybridized carbons (Fsp3) is 0.550. The maximum atomic E-state index is 14.3. The average Bonchev–Trinajstić information content (AvgIpc) is 3.58. The molecule has 1 heterocycles. The van der Waals surface area contributed by atoms with Crippen LogP contribution in [0.2, 0.25) is 0 Å². The molecule has 0 unspecified atom stereocenters. The number of carbonyl (C=O) groups excluding carboxylic acids is 2. The summed E-state index contributed by atoms with van der Waals surface area (Å²) in [7, 11) is 3.18. The summed E-state index contributed by atoms with van der Waals surface area (Å²) < 4.78 is 13.4. The van der Waals surface area contributed by atoms with Crippen molar-refractivity contribution in [3.05, 3.63) is 53.2 Å². The number of anilines is 1. The van der Waals surface area contributed by atoms with Gasteiger partial charge in [0.25, 0.3) is 5.91 Å². The lowest BCUT2D eigenvalue weighted by Crippen LogP contribution is -2.70. The minimum absolute atomic E-state index is 0. The number of benzene rings is 2. The van der Waals surface area contributed by atoms with E-state index in [1.165, 1.54) is 6.42 Å². The van der Waals surface area contributed by atoms with Crippen molar-refractivity contribution in [2.24, 2.45) is 23.7 Å². The van der Waals surface area contributed by atoms with Crippen molar-refractivity contribution in [1.82, 2.24) is 20.0 Å². The van der Waals surface area contributed by atoms with Crippen LogP contribution in [0.5, 0.6) is 11.5 Å². The molecule has 0 spiro atoms. The van der Waals surface area contributed by atoms with Gasteiger partial charge in [-0.05, 0) is 136 Å². The zero-order chi connectivity index (χ0) is 35.9. The number of carboxylic acid groups (broad SMARTS) is 1. The number of carbonyl (C=O) groups is 3. The molecule has 1 aromatic heterocycles. The Bertz CT molecular complexity index is 1770. The number of nitrogens with one attached hydrogen (secondary N) is 2. The van der Waals surface area contributed by atoms with E-state index in [2.05, 4.69) is 29.4 Å². The summed E-state index contributed by atoms with van der Waals surface area (Å²) in [5.41, 5.74) is 3.80. The minimum atomic E-state index is -1.30. The zero-order valence-electron chi connectivity index (χ0n) is 30.7. The fourth-order valence-corrected chi connectivity index (χ4v) is 9.92. The van der Waals surface area contributed by atoms with Crippen LogP contribution in [-0.4, -0.2) is 77.0 Å². The summed E-state index contributed by atoms with van der Waals surface area (Å²) in [6, 6.07) is 11.1. The maximum Gasteiger partial charge on any atom is 0.330 e. The van der Waals surface area contributed by atoms with Gasteiger partial charge in [0.15, 0.2) is 5.69 Å². The monoisotopic (exact) mass is 733 g/mol. The Hall–Kier alpha value is -4.09. The van der Waals surface area contributed by atoms with Crippen molar-refractivity contribution in [3.63, 3.8) is 0 Å². The van der Waals surface area contributed by atoms with Gasteiger partial charge in [-0.15, -0.1) is 12.4 Å². The van der Waals surface area contributed by atoms with Gasteiger partial charge in [0.05, 0.1) is 31.2 Å². The Morgan fingerprint density at radius 1 is 0.923 bits per heavy atom. The number of fused-ring (bicyclic) bond motifs is 1. The van der Waals surface area contributed by atoms with Crippen LogP contribution >= 0.6 is 12.4 Å². The van der Waals surface area contributed by atoms with Gasteiger partial charge < -0.3 is 30.1 Å². The smallest absolute Gasteiger partial charge is 0.330 e. The molecule has 2 aromatic carbocycles. The number of aliphatic carboxylic acids is 1. The molecule has 3 aromatic rings. The number of aromatic nitrogens is 2. The van der Waals surface area contributed by atoms with E-state index in [4.69, 9.17) is 14.6 Å². The van der Waals surface area contributed by atoms with Crippen molar-refractivity contribution >= 4 is 35.9 Å². The number of hydrogen-bond acceptors (Lipinski definition) is 7. The highest BCUT2D eigenvalue weighted by Gasteiger charge is 2.62. The Morgan fingerprint density at radius 2 is 1.54 bits per heavy atom. The molecular formula is C40H52ClN5O6. The summed E-state index contributed by atoms with van der Waals surface area (Å²) in [6.45, 7) is 6.70. The van der Waals surface area contributed by atoms with Gasteiger partial charge in [-0.25, -0.2) is 9.48 Å². The molecule has 11 nitrogen and oxygen atoms in total. The van der Waals surface area contributed by atoms with Crippen molar-refractivity contribution in [3.8, 4) is 28.4 Å². The summed E-state index contributed by atoms with van der Waals surface area (Å²) in [4.78, 5) is 42.8. The molecule has 0 radical (unpaired) electrons. The highest BCUT2D eigenvalue weighted by atomic mass is 35.5. The van der Waals surface area contributed by atoms with Gasteiger partial charge in [0.1, 0.15) is 17.0 Å². The molecule has 4 saturated carbocycles. The largest absolute Gasteiger partial charge is 0.496 e. The number of methoxy groups -OCH3 is 2. The van der Waals surface area contributed by atoms with Crippen molar-refractivity contribution in [2.75, 3.05) is 39.2 Å². The number of halogens is 1. The second-order valence-electron chi connectivity index (χ2n) is 14.9. The molecule has 280 valence electrons. The van der Waals surface area contributed by atoms with E-state index in [9.17, 15) is 19.5 Å². The number of hydrogen-bond donors (Lipinski definition) is 3. The molecule has 0 saturated heterocycles. The van der Waals surface area contributed by atoms with Crippen LogP contribution in [0.3, 0.4) is 0 Å². The molecule has 12 heteroatoms. The lowest BCUT2D eigenvalue weighted by molar-refractivity contribution is -0.163. The van der Waals surface area contributed by atoms with E-state index < -0.39 is 17.4 Å². The zero-order valence-corrected chi connectivity index (χ0v) is 31.5. The average molecular weight is 734 g/mol. The van der Waals surface area contributed by atoms with Crippen molar-refractivity contribution in [1.29, 1.82) is 0 Å². The Kier molecular flexibility index (Phi) is 11.2. The molecule has 4 bridgehead atoms. The lowest BCUT2D eigenvalue weighted by Gasteiger charge is -2.59. The highest BCUT2D eigenvalue weighted by Crippen LogP contribution is 2.58. The number of amides is 2. The van der Waals surface area contributed by atoms with E-state index in [0.29, 0.717) is 47.6 Å². The molecule has 5 aliphatic rings. The third-order valence-electron chi connectivity index (χ3n) is 12.3. The quantitative estimate of drug-likeness (QED) is 0.180. The molecule has 0 atom stereocenters. The maximum absolute atomic E-state index is 14.3. The van der Waals surface area contributed by atoms with E-state index in [1.807, 2.05) is 30.3 Å². The van der Waals surface area contributed by atoms with Crippen LogP contribution in [0.4, 0.5) is 5.69 Å². The Morgan fingerprint density at radius 3 is 2.12 bits per heavy atom. The van der Waals surface area contributed by atoms with Gasteiger partial charge in [-0.3, -0.25) is 9.59 Å². The second-order valence-corrected chi connectivity index (χ2v) is 14.9. The van der Waals surface area contributed by atoms with Crippen LogP contribution in [-0.2, 0) is 22.4 Å². The molecule has 52 heavy (non-hydrogen) atoms. The first-order chi connectivity index (χ1) is 24.7. The number of ether oxygens (including phenoxy) is 2. The lowest BCUT2D eigenvalue weighted by atomic mass is 9.48. The second kappa shape index (κ2) is 15.5. The normalized spacial score (nSPS) is 24.2. The Labute approximate surface area is 312 Å². The highest BCUT2D eigenvalue weighted by molar-refractivity contribution is 5.98. The van der Waals surface area contributed by atoms with Gasteiger partial charge in [0.2, 0.25) is 5.91 Å². The molecule has 4 fully saturated rings. The topological polar surface area (TPSA) is 135 Å². The van der Waals surface area contributed by atoms with Gasteiger partial charge in [0, 0.05) is 18.7 Å². The number of nitrogens with zero attached hydrogens (tertiary/aromatic N) is 3. The van der Waals surface area contributed by atoms with E-state index in [0.717, 1.165) is 87.0 Å². The standard InChI is InChI=1S/C40H51N5O6.ClH/c1-5-44(6-2)17-16-36(46)41-30-14-15-32(29-11-8-7-10-28(29)30)45-33(37-34(50-3)12-9-13-35(37)51-4)23-31(43-45)38(47)42-40(39(48)49)26-19-24-18-25(21-26)22-27(40)20-24;/h9,12-15,23-27H,5-8,10-11,16-22H2,1-4H3,(H,41,46)(H,42,47)(H,48,49);1H. The summed E-state index contributed by atoms with van der Waals surface area (Å²) in [6.07, 6.45) is 8.50. The van der Waals surface area contributed by atoms with Crippen LogP contribution in [0.15, 0.2) is 36.4 Å². The first-order valence-electron chi connectivity index (χ1n) is 18.7. The van der Waals surface area contributed by atoms with Gasteiger partial charge >= 0.3 is 5.97 Å². The fourth-order valence-electron chi connectivity index (χ4n) is 9.92. The van der Waals surface area contributed by atoms with Crippen LogP contribution < -0.4 is 20.1 Å². The predicted molar refractivity (Wildman–Crippen MR) is 202 cm³/mol. The first kappa shape index (κ1) is 37.7. The number of carboxylic acids is 1. The van der Waals surface area contributed by atoms with Gasteiger partial charge in [-0.2, -0.15) is 5.10 Å². The van der Waals surface area contributed by atoms with Crippen molar-refractivity contribution < 1.29 is 29.0 Å².